The van der Waals surface area contributed by atoms with E-state index in [4.69, 9.17) is 11.6 Å². The van der Waals surface area contributed by atoms with E-state index in [0.717, 1.165) is 24.3 Å². The first-order valence-corrected chi connectivity index (χ1v) is 6.04. The summed E-state index contributed by atoms with van der Waals surface area (Å²) in [5.41, 5.74) is 0.822. The number of amides is 1. The summed E-state index contributed by atoms with van der Waals surface area (Å²) in [7, 11) is 0. The zero-order chi connectivity index (χ0) is 12.4. The van der Waals surface area contributed by atoms with E-state index in [1.807, 2.05) is 18.7 Å². The molecule has 2 rings (SSSR count). The van der Waals surface area contributed by atoms with E-state index in [9.17, 15) is 4.79 Å². The Labute approximate surface area is 105 Å². The zero-order valence-corrected chi connectivity index (χ0v) is 10.7. The van der Waals surface area contributed by atoms with Crippen molar-refractivity contribution in [3.05, 3.63) is 17.0 Å². The lowest BCUT2D eigenvalue weighted by molar-refractivity contribution is -0.123. The van der Waals surface area contributed by atoms with Crippen molar-refractivity contribution in [2.45, 2.75) is 26.3 Å². The average molecular weight is 255 g/mol. The van der Waals surface area contributed by atoms with E-state index < -0.39 is 0 Å². The molecule has 1 fully saturated rings. The Morgan fingerprint density at radius 2 is 2.35 bits per heavy atom. The highest BCUT2D eigenvalue weighted by atomic mass is 35.5. The van der Waals surface area contributed by atoms with Crippen LogP contribution in [0.15, 0.2) is 6.33 Å². The minimum Gasteiger partial charge on any atom is -0.353 e. The van der Waals surface area contributed by atoms with Gasteiger partial charge in [0.15, 0.2) is 0 Å². The number of nitrogens with zero attached hydrogens (tertiary/aromatic N) is 3. The van der Waals surface area contributed by atoms with Crippen molar-refractivity contribution in [3.63, 3.8) is 0 Å². The molecule has 1 unspecified atom stereocenters. The van der Waals surface area contributed by atoms with Gasteiger partial charge in [0.2, 0.25) is 5.91 Å². The van der Waals surface area contributed by atoms with Crippen molar-refractivity contribution in [3.8, 4) is 0 Å². The van der Waals surface area contributed by atoms with Crippen LogP contribution in [0.5, 0.6) is 0 Å². The average Bonchev–Trinajstić information content (AvgIpc) is 2.32. The molecule has 0 spiro atoms. The Morgan fingerprint density at radius 3 is 3.06 bits per heavy atom. The minimum atomic E-state index is -0.173. The number of rotatable bonds is 2. The van der Waals surface area contributed by atoms with Crippen LogP contribution in [0, 0.1) is 6.92 Å². The van der Waals surface area contributed by atoms with E-state index in [-0.39, 0.29) is 11.9 Å². The predicted octanol–water partition coefficient (Wildman–Crippen LogP) is 1.15. The number of hydrogen-bond donors (Lipinski definition) is 1. The molecule has 2 heterocycles. The highest BCUT2D eigenvalue weighted by Crippen LogP contribution is 2.25. The van der Waals surface area contributed by atoms with Gasteiger partial charge in [0, 0.05) is 18.7 Å². The fourth-order valence-electron chi connectivity index (χ4n) is 2.08. The summed E-state index contributed by atoms with van der Waals surface area (Å²) in [6, 6.07) is -0.173. The largest absolute Gasteiger partial charge is 0.353 e. The van der Waals surface area contributed by atoms with Gasteiger partial charge in [-0.05, 0) is 13.3 Å². The molecular weight excluding hydrogens is 240 g/mol. The summed E-state index contributed by atoms with van der Waals surface area (Å²) < 4.78 is 0. The van der Waals surface area contributed by atoms with Crippen molar-refractivity contribution in [1.29, 1.82) is 0 Å². The number of hydrogen-bond acceptors (Lipinski definition) is 4. The highest BCUT2D eigenvalue weighted by molar-refractivity contribution is 6.30. The second-order valence-electron chi connectivity index (χ2n) is 4.02. The predicted molar refractivity (Wildman–Crippen MR) is 66.2 cm³/mol. The molecule has 1 saturated heterocycles. The lowest BCUT2D eigenvalue weighted by Gasteiger charge is -2.36. The minimum absolute atomic E-state index is 0.0490. The second-order valence-corrected chi connectivity index (χ2v) is 4.38. The van der Waals surface area contributed by atoms with Gasteiger partial charge in [-0.15, -0.1) is 0 Å². The summed E-state index contributed by atoms with van der Waals surface area (Å²) in [6.07, 6.45) is 2.18. The fourth-order valence-corrected chi connectivity index (χ4v) is 2.21. The molecule has 1 aliphatic rings. The summed E-state index contributed by atoms with van der Waals surface area (Å²) in [5, 5.41) is 3.30. The molecule has 1 atom stereocenters. The number of halogens is 1. The highest BCUT2D eigenvalue weighted by Gasteiger charge is 2.30. The van der Waals surface area contributed by atoms with Crippen molar-refractivity contribution in [2.75, 3.05) is 18.0 Å². The third-order valence-electron chi connectivity index (χ3n) is 2.99. The van der Waals surface area contributed by atoms with Gasteiger partial charge in [-0.25, -0.2) is 9.97 Å². The Kier molecular flexibility index (Phi) is 3.47. The topological polar surface area (TPSA) is 58.1 Å². The molecule has 1 aromatic heterocycles. The molecule has 5 nitrogen and oxygen atoms in total. The molecule has 92 valence electrons. The van der Waals surface area contributed by atoms with E-state index in [0.29, 0.717) is 11.7 Å². The number of piperazine rings is 1. The van der Waals surface area contributed by atoms with Crippen molar-refractivity contribution < 1.29 is 4.79 Å². The zero-order valence-electron chi connectivity index (χ0n) is 9.90. The van der Waals surface area contributed by atoms with E-state index in [2.05, 4.69) is 15.3 Å². The standard InChI is InChI=1S/C11H15ClN4O/c1-3-8-11(17)13-4-5-16(8)10-7(2)9(12)14-6-15-10/h6,8H,3-5H2,1-2H3,(H,13,17). The van der Waals surface area contributed by atoms with Gasteiger partial charge in [0.25, 0.3) is 0 Å². The van der Waals surface area contributed by atoms with Gasteiger partial charge in [0.1, 0.15) is 23.3 Å². The molecule has 1 N–H and O–H groups in total. The van der Waals surface area contributed by atoms with E-state index >= 15 is 0 Å². The third kappa shape index (κ3) is 2.20. The van der Waals surface area contributed by atoms with Gasteiger partial charge < -0.3 is 10.2 Å². The van der Waals surface area contributed by atoms with Gasteiger partial charge >= 0.3 is 0 Å². The van der Waals surface area contributed by atoms with Crippen LogP contribution in [0.4, 0.5) is 5.82 Å². The van der Waals surface area contributed by atoms with Crippen LogP contribution in [-0.4, -0.2) is 35.0 Å². The van der Waals surface area contributed by atoms with Crippen LogP contribution in [-0.2, 0) is 4.79 Å². The first-order chi connectivity index (χ1) is 8.15. The Bertz CT molecular complexity index is 437. The van der Waals surface area contributed by atoms with Crippen molar-refractivity contribution in [2.24, 2.45) is 0 Å². The van der Waals surface area contributed by atoms with Gasteiger partial charge in [-0.1, -0.05) is 18.5 Å². The number of carbonyl (C=O) groups excluding carboxylic acids is 1. The number of anilines is 1. The monoisotopic (exact) mass is 254 g/mol. The van der Waals surface area contributed by atoms with Gasteiger partial charge in [0.05, 0.1) is 0 Å². The van der Waals surface area contributed by atoms with Crippen LogP contribution in [0.25, 0.3) is 0 Å². The molecule has 1 aromatic rings. The molecule has 0 bridgehead atoms. The maximum atomic E-state index is 11.8. The second kappa shape index (κ2) is 4.87. The lowest BCUT2D eigenvalue weighted by Crippen LogP contribution is -2.55. The fraction of sp³-hybridized carbons (Fsp3) is 0.545. The molecule has 17 heavy (non-hydrogen) atoms. The molecule has 0 aromatic carbocycles. The molecule has 0 saturated carbocycles. The molecule has 1 aliphatic heterocycles. The van der Waals surface area contributed by atoms with Crippen LogP contribution in [0.3, 0.4) is 0 Å². The van der Waals surface area contributed by atoms with Crippen LogP contribution in [0.2, 0.25) is 5.15 Å². The number of nitrogens with one attached hydrogen (secondary N) is 1. The van der Waals surface area contributed by atoms with E-state index in [1.165, 1.54) is 6.33 Å². The first-order valence-electron chi connectivity index (χ1n) is 5.66. The van der Waals surface area contributed by atoms with Crippen LogP contribution in [0.1, 0.15) is 18.9 Å². The summed E-state index contributed by atoms with van der Waals surface area (Å²) in [4.78, 5) is 22.0. The number of carbonyl (C=O) groups is 1. The molecule has 6 heteroatoms. The Morgan fingerprint density at radius 1 is 1.59 bits per heavy atom. The normalized spacial score (nSPS) is 20.3. The maximum Gasteiger partial charge on any atom is 0.242 e. The van der Waals surface area contributed by atoms with Crippen molar-refractivity contribution >= 4 is 23.3 Å². The SMILES string of the molecule is CCC1C(=O)NCCN1c1ncnc(Cl)c1C. The molecular formula is C11H15ClN4O. The molecule has 0 aliphatic carbocycles. The van der Waals surface area contributed by atoms with E-state index in [1.54, 1.807) is 0 Å². The van der Waals surface area contributed by atoms with Gasteiger partial charge in [-0.3, -0.25) is 4.79 Å². The third-order valence-corrected chi connectivity index (χ3v) is 3.37. The number of aromatic nitrogens is 2. The first kappa shape index (κ1) is 12.1. The smallest absolute Gasteiger partial charge is 0.242 e. The van der Waals surface area contributed by atoms with Crippen LogP contribution < -0.4 is 10.2 Å². The summed E-state index contributed by atoms with van der Waals surface area (Å²) in [5.74, 6) is 0.805. The molecule has 1 amide bonds. The van der Waals surface area contributed by atoms with Crippen molar-refractivity contribution in [1.82, 2.24) is 15.3 Å². The Balaban J connectivity index is 2.37. The lowest BCUT2D eigenvalue weighted by atomic mass is 10.1. The van der Waals surface area contributed by atoms with Crippen LogP contribution >= 0.6 is 11.6 Å². The van der Waals surface area contributed by atoms with Gasteiger partial charge in [-0.2, -0.15) is 0 Å². The summed E-state index contributed by atoms with van der Waals surface area (Å²) >= 11 is 5.98. The quantitative estimate of drug-likeness (QED) is 0.805. The molecule has 0 radical (unpaired) electrons. The summed E-state index contributed by atoms with van der Waals surface area (Å²) in [6.45, 7) is 5.24. The maximum absolute atomic E-state index is 11.8. The Hall–Kier alpha value is -1.36.